The van der Waals surface area contributed by atoms with Gasteiger partial charge in [0.25, 0.3) is 0 Å². The van der Waals surface area contributed by atoms with Crippen LogP contribution in [0.25, 0.3) is 0 Å². The van der Waals surface area contributed by atoms with Gasteiger partial charge >= 0.3 is 0 Å². The number of anilines is 1. The molecule has 0 atom stereocenters. The van der Waals surface area contributed by atoms with Gasteiger partial charge in [-0.3, -0.25) is 4.98 Å². The van der Waals surface area contributed by atoms with E-state index in [1.165, 1.54) is 0 Å². The number of aromatic nitrogens is 2. The van der Waals surface area contributed by atoms with Crippen LogP contribution in [0.4, 0.5) is 5.82 Å². The molecule has 0 saturated carbocycles. The average molecular weight is 243 g/mol. The zero-order valence-corrected chi connectivity index (χ0v) is 10.6. The Labute approximate surface area is 107 Å². The maximum absolute atomic E-state index is 9.09. The second-order valence-electron chi connectivity index (χ2n) is 4.28. The minimum absolute atomic E-state index is 0.0666. The fourth-order valence-electron chi connectivity index (χ4n) is 1.73. The molecule has 0 amide bonds. The fraction of sp³-hybridized carbons (Fsp3) is 0.286. The van der Waals surface area contributed by atoms with Crippen LogP contribution in [0.3, 0.4) is 0 Å². The Bertz CT molecular complexity index is 540. The van der Waals surface area contributed by atoms with Crippen molar-refractivity contribution in [1.29, 1.82) is 0 Å². The Morgan fingerprint density at radius 2 is 2.00 bits per heavy atom. The minimum atomic E-state index is 0.0666. The van der Waals surface area contributed by atoms with E-state index in [-0.39, 0.29) is 6.61 Å². The van der Waals surface area contributed by atoms with E-state index in [0.29, 0.717) is 6.54 Å². The molecule has 0 saturated heterocycles. The molecule has 2 rings (SSSR count). The van der Waals surface area contributed by atoms with Crippen LogP contribution in [0, 0.1) is 13.8 Å². The summed E-state index contributed by atoms with van der Waals surface area (Å²) in [5.74, 6) is 0.810. The normalized spacial score (nSPS) is 10.4. The lowest BCUT2D eigenvalue weighted by Crippen LogP contribution is -2.05. The third-order valence-electron chi connectivity index (χ3n) is 2.71. The lowest BCUT2D eigenvalue weighted by atomic mass is 10.1. The highest BCUT2D eigenvalue weighted by molar-refractivity contribution is 5.40. The maximum Gasteiger partial charge on any atom is 0.148 e. The first-order valence-electron chi connectivity index (χ1n) is 5.92. The standard InChI is InChI=1S/C14H17N3O/c1-10-7-15-11(2)14(17-10)16-8-12-4-3-5-13(6-12)9-18/h3-7,18H,8-9H2,1-2H3,(H,16,17). The molecule has 1 heterocycles. The van der Waals surface area contributed by atoms with E-state index in [0.717, 1.165) is 28.3 Å². The van der Waals surface area contributed by atoms with E-state index < -0.39 is 0 Å². The smallest absolute Gasteiger partial charge is 0.148 e. The Hall–Kier alpha value is -1.94. The van der Waals surface area contributed by atoms with E-state index in [9.17, 15) is 0 Å². The van der Waals surface area contributed by atoms with E-state index in [2.05, 4.69) is 15.3 Å². The van der Waals surface area contributed by atoms with Crippen molar-refractivity contribution in [1.82, 2.24) is 9.97 Å². The molecule has 0 aliphatic rings. The molecule has 0 bridgehead atoms. The van der Waals surface area contributed by atoms with Crippen molar-refractivity contribution in [3.8, 4) is 0 Å². The summed E-state index contributed by atoms with van der Waals surface area (Å²) in [4.78, 5) is 8.67. The Balaban J connectivity index is 2.08. The van der Waals surface area contributed by atoms with Crippen LogP contribution >= 0.6 is 0 Å². The highest BCUT2D eigenvalue weighted by Gasteiger charge is 2.02. The van der Waals surface area contributed by atoms with Crippen molar-refractivity contribution in [2.75, 3.05) is 5.32 Å². The molecule has 0 unspecified atom stereocenters. The summed E-state index contributed by atoms with van der Waals surface area (Å²) in [5, 5.41) is 12.4. The molecular weight excluding hydrogens is 226 g/mol. The Kier molecular flexibility index (Phi) is 3.89. The number of hydrogen-bond acceptors (Lipinski definition) is 4. The van der Waals surface area contributed by atoms with Gasteiger partial charge < -0.3 is 10.4 Å². The van der Waals surface area contributed by atoms with Crippen molar-refractivity contribution < 1.29 is 5.11 Å². The number of rotatable bonds is 4. The van der Waals surface area contributed by atoms with Gasteiger partial charge in [-0.15, -0.1) is 0 Å². The number of aliphatic hydroxyl groups is 1. The molecule has 0 aliphatic heterocycles. The molecular formula is C14H17N3O. The van der Waals surface area contributed by atoms with Gasteiger partial charge in [0.1, 0.15) is 5.82 Å². The van der Waals surface area contributed by atoms with Crippen LogP contribution in [-0.4, -0.2) is 15.1 Å². The topological polar surface area (TPSA) is 58.0 Å². The molecule has 0 radical (unpaired) electrons. The lowest BCUT2D eigenvalue weighted by molar-refractivity contribution is 0.281. The van der Waals surface area contributed by atoms with Crippen LogP contribution in [0.15, 0.2) is 30.5 Å². The zero-order chi connectivity index (χ0) is 13.0. The number of nitrogens with zero attached hydrogens (tertiary/aromatic N) is 2. The Morgan fingerprint density at radius 3 is 2.78 bits per heavy atom. The first kappa shape index (κ1) is 12.5. The summed E-state index contributed by atoms with van der Waals surface area (Å²) >= 11 is 0. The first-order valence-corrected chi connectivity index (χ1v) is 5.92. The monoisotopic (exact) mass is 243 g/mol. The molecule has 0 fully saturated rings. The van der Waals surface area contributed by atoms with Crippen LogP contribution < -0.4 is 5.32 Å². The fourth-order valence-corrected chi connectivity index (χ4v) is 1.73. The highest BCUT2D eigenvalue weighted by atomic mass is 16.3. The van der Waals surface area contributed by atoms with E-state index in [1.54, 1.807) is 6.20 Å². The van der Waals surface area contributed by atoms with Gasteiger partial charge in [-0.25, -0.2) is 4.98 Å². The molecule has 94 valence electrons. The van der Waals surface area contributed by atoms with Crippen molar-refractivity contribution in [3.63, 3.8) is 0 Å². The second kappa shape index (κ2) is 5.60. The largest absolute Gasteiger partial charge is 0.392 e. The summed E-state index contributed by atoms with van der Waals surface area (Å²) in [6, 6.07) is 7.84. The van der Waals surface area contributed by atoms with Gasteiger partial charge in [0.05, 0.1) is 18.0 Å². The Morgan fingerprint density at radius 1 is 1.22 bits per heavy atom. The van der Waals surface area contributed by atoms with Gasteiger partial charge in [0.2, 0.25) is 0 Å². The average Bonchev–Trinajstić information content (AvgIpc) is 2.40. The molecule has 2 N–H and O–H groups in total. The molecule has 1 aromatic carbocycles. The second-order valence-corrected chi connectivity index (χ2v) is 4.28. The third-order valence-corrected chi connectivity index (χ3v) is 2.71. The van der Waals surface area contributed by atoms with Crippen LogP contribution in [-0.2, 0) is 13.2 Å². The molecule has 4 nitrogen and oxygen atoms in total. The van der Waals surface area contributed by atoms with Crippen molar-refractivity contribution in [2.45, 2.75) is 27.0 Å². The molecule has 0 aliphatic carbocycles. The van der Waals surface area contributed by atoms with Gasteiger partial charge in [-0.2, -0.15) is 0 Å². The summed E-state index contributed by atoms with van der Waals surface area (Å²) in [7, 11) is 0. The SMILES string of the molecule is Cc1cnc(C)c(NCc2cccc(CO)c2)n1. The van der Waals surface area contributed by atoms with Crippen molar-refractivity contribution in [3.05, 3.63) is 53.0 Å². The summed E-state index contributed by atoms with van der Waals surface area (Å²) in [6.45, 7) is 4.59. The van der Waals surface area contributed by atoms with E-state index >= 15 is 0 Å². The number of hydrogen-bond donors (Lipinski definition) is 2. The minimum Gasteiger partial charge on any atom is -0.392 e. The zero-order valence-electron chi connectivity index (χ0n) is 10.6. The lowest BCUT2D eigenvalue weighted by Gasteiger charge is -2.09. The third kappa shape index (κ3) is 3.05. The first-order chi connectivity index (χ1) is 8.69. The molecule has 18 heavy (non-hydrogen) atoms. The predicted octanol–water partition coefficient (Wildman–Crippen LogP) is 2.20. The molecule has 4 heteroatoms. The number of nitrogens with one attached hydrogen (secondary N) is 1. The summed E-state index contributed by atoms with van der Waals surface area (Å²) < 4.78 is 0. The predicted molar refractivity (Wildman–Crippen MR) is 71.2 cm³/mol. The van der Waals surface area contributed by atoms with Crippen LogP contribution in [0.2, 0.25) is 0 Å². The van der Waals surface area contributed by atoms with Crippen LogP contribution in [0.5, 0.6) is 0 Å². The van der Waals surface area contributed by atoms with Gasteiger partial charge in [-0.1, -0.05) is 24.3 Å². The molecule has 1 aromatic heterocycles. The van der Waals surface area contributed by atoms with Gasteiger partial charge in [-0.05, 0) is 25.0 Å². The number of benzene rings is 1. The van der Waals surface area contributed by atoms with E-state index in [1.807, 2.05) is 38.1 Å². The summed E-state index contributed by atoms with van der Waals surface area (Å²) in [5.41, 5.74) is 3.82. The number of aryl methyl sites for hydroxylation is 2. The maximum atomic E-state index is 9.09. The van der Waals surface area contributed by atoms with Crippen LogP contribution in [0.1, 0.15) is 22.5 Å². The quantitative estimate of drug-likeness (QED) is 0.864. The van der Waals surface area contributed by atoms with Crippen molar-refractivity contribution >= 4 is 5.82 Å². The van der Waals surface area contributed by atoms with Gasteiger partial charge in [0.15, 0.2) is 0 Å². The number of aliphatic hydroxyl groups excluding tert-OH is 1. The van der Waals surface area contributed by atoms with Crippen molar-refractivity contribution in [2.24, 2.45) is 0 Å². The molecule has 2 aromatic rings. The molecule has 0 spiro atoms. The summed E-state index contributed by atoms with van der Waals surface area (Å²) in [6.07, 6.45) is 1.76. The highest BCUT2D eigenvalue weighted by Crippen LogP contribution is 2.11. The van der Waals surface area contributed by atoms with E-state index in [4.69, 9.17) is 5.11 Å². The van der Waals surface area contributed by atoms with Gasteiger partial charge in [0, 0.05) is 12.7 Å².